The predicted molar refractivity (Wildman–Crippen MR) is 89.3 cm³/mol. The lowest BCUT2D eigenvalue weighted by atomic mass is 10.1. The smallest absolute Gasteiger partial charge is 0.0486 e. The topological polar surface area (TPSA) is 17.0 Å². The van der Waals surface area contributed by atoms with Crippen LogP contribution in [-0.2, 0) is 0 Å². The van der Waals surface area contributed by atoms with E-state index in [-0.39, 0.29) is 6.04 Å². The molecule has 0 aliphatic carbocycles. The summed E-state index contributed by atoms with van der Waals surface area (Å²) >= 11 is 6.05. The number of hydrogen-bond donors (Lipinski definition) is 1. The van der Waals surface area contributed by atoms with Crippen LogP contribution in [0.25, 0.3) is 5.69 Å². The molecule has 3 aromatic rings. The first-order chi connectivity index (χ1) is 10.2. The second kappa shape index (κ2) is 6.06. The highest BCUT2D eigenvalue weighted by Crippen LogP contribution is 2.23. The molecule has 21 heavy (non-hydrogen) atoms. The average molecular weight is 297 g/mol. The molecule has 0 amide bonds. The van der Waals surface area contributed by atoms with Crippen molar-refractivity contribution in [3.8, 4) is 5.69 Å². The molecule has 3 heteroatoms. The Kier molecular flexibility index (Phi) is 3.98. The molecular weight excluding hydrogens is 280 g/mol. The van der Waals surface area contributed by atoms with Crippen LogP contribution in [0.3, 0.4) is 0 Å². The van der Waals surface area contributed by atoms with E-state index >= 15 is 0 Å². The van der Waals surface area contributed by atoms with Gasteiger partial charge in [-0.3, -0.25) is 0 Å². The van der Waals surface area contributed by atoms with E-state index in [0.717, 1.165) is 16.4 Å². The van der Waals surface area contributed by atoms with Crippen LogP contribution in [0.15, 0.2) is 73.1 Å². The second-order valence-electron chi connectivity index (χ2n) is 5.06. The molecule has 0 fully saturated rings. The van der Waals surface area contributed by atoms with Crippen LogP contribution in [0.5, 0.6) is 0 Å². The predicted octanol–water partition coefficient (Wildman–Crippen LogP) is 5.30. The van der Waals surface area contributed by atoms with Gasteiger partial charge in [0.15, 0.2) is 0 Å². The van der Waals surface area contributed by atoms with E-state index in [1.54, 1.807) is 0 Å². The maximum absolute atomic E-state index is 6.05. The highest BCUT2D eigenvalue weighted by atomic mass is 35.5. The molecule has 2 aromatic carbocycles. The number of hydrogen-bond acceptors (Lipinski definition) is 1. The van der Waals surface area contributed by atoms with Gasteiger partial charge in [0.2, 0.25) is 0 Å². The molecule has 1 aromatic heterocycles. The summed E-state index contributed by atoms with van der Waals surface area (Å²) in [6, 6.07) is 20.6. The Bertz CT molecular complexity index is 720. The second-order valence-corrected chi connectivity index (χ2v) is 5.50. The van der Waals surface area contributed by atoms with Gasteiger partial charge >= 0.3 is 0 Å². The van der Waals surface area contributed by atoms with Crippen molar-refractivity contribution in [2.75, 3.05) is 5.32 Å². The molecule has 0 aliphatic heterocycles. The van der Waals surface area contributed by atoms with Crippen LogP contribution in [0.2, 0.25) is 5.02 Å². The zero-order valence-electron chi connectivity index (χ0n) is 11.8. The number of rotatable bonds is 4. The summed E-state index contributed by atoms with van der Waals surface area (Å²) < 4.78 is 2.09. The molecule has 0 bridgehead atoms. The van der Waals surface area contributed by atoms with Gasteiger partial charge in [-0.2, -0.15) is 0 Å². The molecule has 1 unspecified atom stereocenters. The summed E-state index contributed by atoms with van der Waals surface area (Å²) in [4.78, 5) is 0. The summed E-state index contributed by atoms with van der Waals surface area (Å²) in [5.74, 6) is 0. The summed E-state index contributed by atoms with van der Waals surface area (Å²) in [6.07, 6.45) is 4.08. The van der Waals surface area contributed by atoms with E-state index in [4.69, 9.17) is 11.6 Å². The number of anilines is 1. The first kappa shape index (κ1) is 13.8. The normalized spacial score (nSPS) is 12.1. The number of aromatic nitrogens is 1. The largest absolute Gasteiger partial charge is 0.378 e. The number of nitrogens with zero attached hydrogens (tertiary/aromatic N) is 1. The Balaban J connectivity index is 1.80. The SMILES string of the molecule is CC(Nc1cccc(-n2cccc2)c1)c1cccc(Cl)c1. The van der Waals surface area contributed by atoms with Gasteiger partial charge in [0, 0.05) is 34.8 Å². The summed E-state index contributed by atoms with van der Waals surface area (Å²) in [5.41, 5.74) is 3.41. The maximum atomic E-state index is 6.05. The molecule has 3 rings (SSSR count). The summed E-state index contributed by atoms with van der Waals surface area (Å²) in [7, 11) is 0. The standard InChI is InChI=1S/C18H17ClN2/c1-14(15-6-4-7-16(19)12-15)20-17-8-5-9-18(13-17)21-10-2-3-11-21/h2-14,20H,1H3. The lowest BCUT2D eigenvalue weighted by Gasteiger charge is -2.17. The van der Waals surface area contributed by atoms with Crippen LogP contribution in [0.1, 0.15) is 18.5 Å². The van der Waals surface area contributed by atoms with Gasteiger partial charge < -0.3 is 9.88 Å². The highest BCUT2D eigenvalue weighted by molar-refractivity contribution is 6.30. The third-order valence-electron chi connectivity index (χ3n) is 3.48. The Morgan fingerprint density at radius 1 is 0.952 bits per heavy atom. The third-order valence-corrected chi connectivity index (χ3v) is 3.72. The summed E-state index contributed by atoms with van der Waals surface area (Å²) in [6.45, 7) is 2.13. The molecule has 0 spiro atoms. The lowest BCUT2D eigenvalue weighted by molar-refractivity contribution is 0.884. The van der Waals surface area contributed by atoms with E-state index in [1.807, 2.05) is 42.7 Å². The lowest BCUT2D eigenvalue weighted by Crippen LogP contribution is -2.06. The number of benzene rings is 2. The molecule has 0 saturated heterocycles. The quantitative estimate of drug-likeness (QED) is 0.691. The van der Waals surface area contributed by atoms with Gasteiger partial charge in [0.1, 0.15) is 0 Å². The monoisotopic (exact) mass is 296 g/mol. The van der Waals surface area contributed by atoms with Gasteiger partial charge in [-0.15, -0.1) is 0 Å². The third kappa shape index (κ3) is 3.29. The number of nitrogens with one attached hydrogen (secondary N) is 1. The Hall–Kier alpha value is -2.19. The fourth-order valence-corrected chi connectivity index (χ4v) is 2.57. The minimum absolute atomic E-state index is 0.198. The van der Waals surface area contributed by atoms with Crippen molar-refractivity contribution in [1.82, 2.24) is 4.57 Å². The zero-order chi connectivity index (χ0) is 14.7. The average Bonchev–Trinajstić information content (AvgIpc) is 3.02. The Morgan fingerprint density at radius 2 is 1.71 bits per heavy atom. The van der Waals surface area contributed by atoms with Crippen molar-refractivity contribution in [2.45, 2.75) is 13.0 Å². The fourth-order valence-electron chi connectivity index (χ4n) is 2.37. The zero-order valence-corrected chi connectivity index (χ0v) is 12.6. The van der Waals surface area contributed by atoms with Crippen molar-refractivity contribution < 1.29 is 0 Å². The van der Waals surface area contributed by atoms with E-state index in [2.05, 4.69) is 47.1 Å². The molecule has 1 heterocycles. The first-order valence-electron chi connectivity index (χ1n) is 6.98. The molecular formula is C18H17ClN2. The van der Waals surface area contributed by atoms with E-state index in [1.165, 1.54) is 5.56 Å². The maximum Gasteiger partial charge on any atom is 0.0486 e. The van der Waals surface area contributed by atoms with Crippen LogP contribution >= 0.6 is 11.6 Å². The van der Waals surface area contributed by atoms with Gasteiger partial charge in [-0.1, -0.05) is 29.8 Å². The fraction of sp³-hybridized carbons (Fsp3) is 0.111. The van der Waals surface area contributed by atoms with E-state index in [9.17, 15) is 0 Å². The minimum atomic E-state index is 0.198. The van der Waals surface area contributed by atoms with E-state index < -0.39 is 0 Å². The number of halogens is 1. The van der Waals surface area contributed by atoms with Crippen LogP contribution in [0.4, 0.5) is 5.69 Å². The van der Waals surface area contributed by atoms with Crippen LogP contribution in [-0.4, -0.2) is 4.57 Å². The van der Waals surface area contributed by atoms with Gasteiger partial charge in [-0.25, -0.2) is 0 Å². The van der Waals surface area contributed by atoms with Crippen molar-refractivity contribution >= 4 is 17.3 Å². The highest BCUT2D eigenvalue weighted by Gasteiger charge is 2.06. The van der Waals surface area contributed by atoms with E-state index in [0.29, 0.717) is 0 Å². The summed E-state index contributed by atoms with van der Waals surface area (Å²) in [5, 5.41) is 4.28. The van der Waals surface area contributed by atoms with Crippen LogP contribution < -0.4 is 5.32 Å². The first-order valence-corrected chi connectivity index (χ1v) is 7.35. The molecule has 1 atom stereocenters. The Morgan fingerprint density at radius 3 is 2.48 bits per heavy atom. The molecule has 0 saturated carbocycles. The van der Waals surface area contributed by atoms with Gasteiger partial charge in [0.05, 0.1) is 0 Å². The van der Waals surface area contributed by atoms with Crippen molar-refractivity contribution in [1.29, 1.82) is 0 Å². The van der Waals surface area contributed by atoms with Crippen molar-refractivity contribution in [3.63, 3.8) is 0 Å². The Labute approximate surface area is 130 Å². The minimum Gasteiger partial charge on any atom is -0.378 e. The molecule has 2 nitrogen and oxygen atoms in total. The molecule has 0 aliphatic rings. The van der Waals surface area contributed by atoms with Crippen molar-refractivity contribution in [2.24, 2.45) is 0 Å². The van der Waals surface area contributed by atoms with Gasteiger partial charge in [0.25, 0.3) is 0 Å². The van der Waals surface area contributed by atoms with Crippen molar-refractivity contribution in [3.05, 3.63) is 83.6 Å². The van der Waals surface area contributed by atoms with Crippen LogP contribution in [0, 0.1) is 0 Å². The molecule has 106 valence electrons. The molecule has 1 N–H and O–H groups in total. The van der Waals surface area contributed by atoms with Gasteiger partial charge in [-0.05, 0) is 55.0 Å². The molecule has 0 radical (unpaired) electrons.